The number of aromatic nitrogens is 5. The summed E-state index contributed by atoms with van der Waals surface area (Å²) in [5.41, 5.74) is 4.94. The van der Waals surface area contributed by atoms with Gasteiger partial charge >= 0.3 is 0 Å². The van der Waals surface area contributed by atoms with Crippen molar-refractivity contribution in [2.24, 2.45) is 0 Å². The molecule has 0 bridgehead atoms. The highest BCUT2D eigenvalue weighted by atomic mass is 16.3. The second-order valence-corrected chi connectivity index (χ2v) is 6.20. The number of hydrogen-bond donors (Lipinski definition) is 1. The fourth-order valence-electron chi connectivity index (χ4n) is 2.94. The maximum absolute atomic E-state index is 5.55. The zero-order valence-corrected chi connectivity index (χ0v) is 14.2. The van der Waals surface area contributed by atoms with Crippen LogP contribution in [0.4, 0.5) is 0 Å². The van der Waals surface area contributed by atoms with Crippen LogP contribution in [0.25, 0.3) is 22.6 Å². The van der Waals surface area contributed by atoms with E-state index in [0.29, 0.717) is 0 Å². The van der Waals surface area contributed by atoms with Crippen molar-refractivity contribution in [1.29, 1.82) is 0 Å². The monoisotopic (exact) mass is 333 g/mol. The highest BCUT2D eigenvalue weighted by molar-refractivity contribution is 5.78. The molecule has 126 valence electrons. The average Bonchev–Trinajstić information content (AvgIpc) is 3.37. The zero-order valence-electron chi connectivity index (χ0n) is 14.2. The Morgan fingerprint density at radius 3 is 2.72 bits per heavy atom. The van der Waals surface area contributed by atoms with Gasteiger partial charge in [-0.15, -0.1) is 5.10 Å². The van der Waals surface area contributed by atoms with Crippen molar-refractivity contribution >= 4 is 0 Å². The maximum Gasteiger partial charge on any atom is 0.134 e. The predicted octanol–water partition coefficient (Wildman–Crippen LogP) is 4.04. The third kappa shape index (κ3) is 3.10. The molecule has 0 radical (unpaired) electrons. The fraction of sp³-hybridized carbons (Fsp3) is 0.211. The topological polar surface area (TPSA) is 72.5 Å². The summed E-state index contributed by atoms with van der Waals surface area (Å²) in [6.07, 6.45) is 4.45. The molecule has 1 atom stereocenters. The molecule has 25 heavy (non-hydrogen) atoms. The largest absolute Gasteiger partial charge is 0.464 e. The summed E-state index contributed by atoms with van der Waals surface area (Å²) in [4.78, 5) is 0. The van der Waals surface area contributed by atoms with Crippen molar-refractivity contribution in [1.82, 2.24) is 25.2 Å². The van der Waals surface area contributed by atoms with Gasteiger partial charge in [0.15, 0.2) is 0 Å². The van der Waals surface area contributed by atoms with Gasteiger partial charge in [-0.05, 0) is 32.0 Å². The van der Waals surface area contributed by atoms with Crippen LogP contribution >= 0.6 is 0 Å². The molecule has 0 fully saturated rings. The average molecular weight is 333 g/mol. The lowest BCUT2D eigenvalue weighted by atomic mass is 10.0. The molecular formula is C19H19N5O. The van der Waals surface area contributed by atoms with Crippen LogP contribution in [0, 0.1) is 6.92 Å². The van der Waals surface area contributed by atoms with Crippen molar-refractivity contribution in [3.63, 3.8) is 0 Å². The molecule has 4 rings (SSSR count). The normalized spacial score (nSPS) is 12.4. The van der Waals surface area contributed by atoms with E-state index in [1.165, 1.54) is 0 Å². The van der Waals surface area contributed by atoms with Gasteiger partial charge in [0.1, 0.15) is 11.5 Å². The number of nitrogens with zero attached hydrogens (tertiary/aromatic N) is 4. The molecule has 4 aromatic rings. The highest BCUT2D eigenvalue weighted by Crippen LogP contribution is 2.31. The number of rotatable bonds is 5. The van der Waals surface area contributed by atoms with Gasteiger partial charge in [0, 0.05) is 23.2 Å². The molecule has 1 N–H and O–H groups in total. The lowest BCUT2D eigenvalue weighted by Gasteiger charge is -2.09. The van der Waals surface area contributed by atoms with Gasteiger partial charge in [-0.1, -0.05) is 29.5 Å². The van der Waals surface area contributed by atoms with Gasteiger partial charge in [-0.25, -0.2) is 4.68 Å². The Balaban J connectivity index is 1.62. The van der Waals surface area contributed by atoms with E-state index in [1.807, 2.05) is 54.2 Å². The second kappa shape index (κ2) is 6.39. The molecule has 0 aliphatic rings. The Hall–Kier alpha value is -3.15. The predicted molar refractivity (Wildman–Crippen MR) is 94.9 cm³/mol. The minimum absolute atomic E-state index is 0.166. The molecule has 0 saturated heterocycles. The smallest absolute Gasteiger partial charge is 0.134 e. The molecule has 3 heterocycles. The number of hydrogen-bond acceptors (Lipinski definition) is 4. The molecule has 1 aromatic carbocycles. The van der Waals surface area contributed by atoms with E-state index in [0.717, 1.165) is 40.4 Å². The van der Waals surface area contributed by atoms with E-state index in [4.69, 9.17) is 4.42 Å². The van der Waals surface area contributed by atoms with Crippen molar-refractivity contribution in [3.05, 3.63) is 66.3 Å². The summed E-state index contributed by atoms with van der Waals surface area (Å²) in [6.45, 7) is 4.11. The number of aromatic amines is 1. The van der Waals surface area contributed by atoms with Gasteiger partial charge in [0.25, 0.3) is 0 Å². The summed E-state index contributed by atoms with van der Waals surface area (Å²) >= 11 is 0. The lowest BCUT2D eigenvalue weighted by Crippen LogP contribution is -2.09. The number of furan rings is 1. The van der Waals surface area contributed by atoms with Crippen LogP contribution in [0.1, 0.15) is 24.4 Å². The maximum atomic E-state index is 5.55. The van der Waals surface area contributed by atoms with Crippen LogP contribution in [0.15, 0.2) is 59.3 Å². The summed E-state index contributed by atoms with van der Waals surface area (Å²) in [7, 11) is 0. The summed E-state index contributed by atoms with van der Waals surface area (Å²) in [5, 5.41) is 16.0. The second-order valence-electron chi connectivity index (χ2n) is 6.20. The molecule has 0 saturated carbocycles. The van der Waals surface area contributed by atoms with Gasteiger partial charge in [-0.2, -0.15) is 5.10 Å². The van der Waals surface area contributed by atoms with Crippen molar-refractivity contribution in [3.8, 4) is 22.6 Å². The van der Waals surface area contributed by atoms with Crippen LogP contribution in [0.3, 0.4) is 0 Å². The Labute approximate surface area is 145 Å². The van der Waals surface area contributed by atoms with Gasteiger partial charge in [0.2, 0.25) is 0 Å². The van der Waals surface area contributed by atoms with E-state index >= 15 is 0 Å². The Morgan fingerprint density at radius 1 is 1.16 bits per heavy atom. The third-order valence-corrected chi connectivity index (χ3v) is 4.22. The molecule has 0 amide bonds. The number of benzene rings is 1. The van der Waals surface area contributed by atoms with Crippen LogP contribution in [-0.2, 0) is 6.42 Å². The first kappa shape index (κ1) is 15.4. The fourth-order valence-corrected chi connectivity index (χ4v) is 2.94. The SMILES string of the molecule is Cc1cc(C[C@@H](C)n2cc(-c3ccccc3-c3ccco3)nn2)n[nH]1. The Kier molecular flexibility index (Phi) is 3.93. The van der Waals surface area contributed by atoms with Crippen LogP contribution in [-0.4, -0.2) is 25.2 Å². The van der Waals surface area contributed by atoms with E-state index in [2.05, 4.69) is 33.5 Å². The van der Waals surface area contributed by atoms with Gasteiger partial charge in [0.05, 0.1) is 24.2 Å². The van der Waals surface area contributed by atoms with Crippen LogP contribution in [0.5, 0.6) is 0 Å². The van der Waals surface area contributed by atoms with E-state index in [1.54, 1.807) is 6.26 Å². The molecule has 0 aliphatic carbocycles. The first-order valence-corrected chi connectivity index (χ1v) is 8.26. The molecule has 0 spiro atoms. The minimum Gasteiger partial charge on any atom is -0.464 e. The molecular weight excluding hydrogens is 314 g/mol. The van der Waals surface area contributed by atoms with Gasteiger partial charge < -0.3 is 4.42 Å². The van der Waals surface area contributed by atoms with Crippen LogP contribution in [0.2, 0.25) is 0 Å². The Bertz CT molecular complexity index is 967. The third-order valence-electron chi connectivity index (χ3n) is 4.22. The number of aryl methyl sites for hydroxylation is 1. The first-order chi connectivity index (χ1) is 12.2. The minimum atomic E-state index is 0.166. The van der Waals surface area contributed by atoms with Crippen LogP contribution < -0.4 is 0 Å². The Morgan fingerprint density at radius 2 is 2.00 bits per heavy atom. The summed E-state index contributed by atoms with van der Waals surface area (Å²) in [5.74, 6) is 0.824. The van der Waals surface area contributed by atoms with Crippen molar-refractivity contribution < 1.29 is 4.42 Å². The number of H-pyrrole nitrogens is 1. The summed E-state index contributed by atoms with van der Waals surface area (Å²) in [6, 6.07) is 14.1. The standard InChI is InChI=1S/C19H19N5O/c1-13-10-15(21-20-13)11-14(2)24-12-18(22-23-24)16-6-3-4-7-17(16)19-8-5-9-25-19/h3-10,12,14H,11H2,1-2H3,(H,20,21)/t14-/m1/s1. The highest BCUT2D eigenvalue weighted by Gasteiger charge is 2.15. The molecule has 0 aliphatic heterocycles. The molecule has 0 unspecified atom stereocenters. The summed E-state index contributed by atoms with van der Waals surface area (Å²) < 4.78 is 7.44. The van der Waals surface area contributed by atoms with Gasteiger partial charge in [-0.3, -0.25) is 5.10 Å². The lowest BCUT2D eigenvalue weighted by molar-refractivity contribution is 0.470. The van der Waals surface area contributed by atoms with Crippen molar-refractivity contribution in [2.45, 2.75) is 26.3 Å². The number of nitrogens with one attached hydrogen (secondary N) is 1. The molecule has 6 heteroatoms. The van der Waals surface area contributed by atoms with E-state index < -0.39 is 0 Å². The van der Waals surface area contributed by atoms with Crippen molar-refractivity contribution in [2.75, 3.05) is 0 Å². The van der Waals surface area contributed by atoms with E-state index in [9.17, 15) is 0 Å². The molecule has 6 nitrogen and oxygen atoms in total. The molecule has 3 aromatic heterocycles. The first-order valence-electron chi connectivity index (χ1n) is 8.26. The zero-order chi connectivity index (χ0) is 17.2. The van der Waals surface area contributed by atoms with E-state index in [-0.39, 0.29) is 6.04 Å². The quantitative estimate of drug-likeness (QED) is 0.598.